The Balaban J connectivity index is 1.87. The van der Waals surface area contributed by atoms with Crippen LogP contribution in [0.2, 0.25) is 0 Å². The Morgan fingerprint density at radius 2 is 0.840 bits per heavy atom. The molecule has 0 saturated carbocycles. The summed E-state index contributed by atoms with van der Waals surface area (Å²) in [6.45, 7) is -1.63. The van der Waals surface area contributed by atoms with E-state index in [9.17, 15) is 30.6 Å². The maximum atomic E-state index is 9.88. The monoisotopic (exact) mass is 370 g/mol. The lowest BCUT2D eigenvalue weighted by Gasteiger charge is -2.41. The lowest BCUT2D eigenvalue weighted by molar-refractivity contribution is -0.254. The first kappa shape index (κ1) is 20.9. The largest absolute Gasteiger partial charge is 0.394 e. The summed E-state index contributed by atoms with van der Waals surface area (Å²) in [6, 6.07) is 0. The van der Waals surface area contributed by atoms with Crippen LogP contribution < -0.4 is 0 Å². The van der Waals surface area contributed by atoms with Crippen LogP contribution in [0.3, 0.4) is 0 Å². The van der Waals surface area contributed by atoms with E-state index in [1.54, 1.807) is 0 Å². The van der Waals surface area contributed by atoms with E-state index in [-0.39, 0.29) is 13.2 Å². The molecule has 2 saturated heterocycles. The van der Waals surface area contributed by atoms with Gasteiger partial charge in [-0.15, -0.1) is 0 Å². The first-order valence-corrected chi connectivity index (χ1v) is 8.00. The highest BCUT2D eigenvalue weighted by atomic mass is 16.6. The molecule has 2 rings (SSSR count). The van der Waals surface area contributed by atoms with Crippen LogP contribution in [0, 0.1) is 0 Å². The third-order valence-electron chi connectivity index (χ3n) is 4.55. The highest BCUT2D eigenvalue weighted by Gasteiger charge is 2.45. The van der Waals surface area contributed by atoms with E-state index in [0.29, 0.717) is 0 Å². The average Bonchev–Trinajstić information content (AvgIpc) is 2.61. The minimum absolute atomic E-state index is 0.254. The van der Waals surface area contributed by atoms with Gasteiger partial charge in [0.05, 0.1) is 26.4 Å². The van der Waals surface area contributed by atoms with Crippen LogP contribution >= 0.6 is 0 Å². The highest BCUT2D eigenvalue weighted by Crippen LogP contribution is 2.23. The molecule has 2 aliphatic heterocycles. The number of hydrogen-bond acceptors (Lipinski definition) is 11. The maximum absolute atomic E-state index is 9.88. The van der Waals surface area contributed by atoms with E-state index in [2.05, 4.69) is 0 Å². The van der Waals surface area contributed by atoms with Gasteiger partial charge >= 0.3 is 0 Å². The number of aliphatic hydroxyl groups is 8. The Morgan fingerprint density at radius 1 is 0.520 bits per heavy atom. The SMILES string of the molecule is OCC1O[C@@H](COC[C@H]2OC(CO)[C@@H](O)[C@@H](O)C2O)[C@H](O)C(O)[C@H]1O. The molecule has 0 aromatic rings. The van der Waals surface area contributed by atoms with Crippen LogP contribution in [0.15, 0.2) is 0 Å². The molecule has 0 spiro atoms. The van der Waals surface area contributed by atoms with Crippen molar-refractivity contribution in [2.75, 3.05) is 26.4 Å². The molecule has 0 radical (unpaired) electrons. The van der Waals surface area contributed by atoms with Gasteiger partial charge in [0.1, 0.15) is 61.0 Å². The third kappa shape index (κ3) is 4.46. The molecule has 0 amide bonds. The van der Waals surface area contributed by atoms with E-state index < -0.39 is 74.3 Å². The summed E-state index contributed by atoms with van der Waals surface area (Å²) >= 11 is 0. The standard InChI is InChI=1S/C14H26O11/c15-1-5-9(17)13(21)11(19)7(24-5)3-23-4-8-12(20)14(22)10(18)6(2-16)25-8/h5-22H,1-4H2/t5?,6?,7-,8+,9-,10+,11-,12?,13?,14+/m0/s1. The molecule has 0 aromatic carbocycles. The normalized spacial score (nSPS) is 48.5. The molecule has 8 N–H and O–H groups in total. The Hall–Kier alpha value is -0.440. The van der Waals surface area contributed by atoms with Crippen LogP contribution in [0.4, 0.5) is 0 Å². The van der Waals surface area contributed by atoms with Crippen molar-refractivity contribution < 1.29 is 55.1 Å². The fourth-order valence-electron chi connectivity index (χ4n) is 2.93. The molecule has 2 heterocycles. The number of ether oxygens (including phenoxy) is 3. The minimum Gasteiger partial charge on any atom is -0.394 e. The second kappa shape index (κ2) is 8.97. The molecule has 25 heavy (non-hydrogen) atoms. The fourth-order valence-corrected chi connectivity index (χ4v) is 2.93. The number of aliphatic hydroxyl groups excluding tert-OH is 8. The molecule has 148 valence electrons. The topological polar surface area (TPSA) is 190 Å². The van der Waals surface area contributed by atoms with E-state index >= 15 is 0 Å². The second-order valence-electron chi connectivity index (χ2n) is 6.27. The summed E-state index contributed by atoms with van der Waals surface area (Å²) in [5, 5.41) is 76.7. The summed E-state index contributed by atoms with van der Waals surface area (Å²) in [7, 11) is 0. The van der Waals surface area contributed by atoms with Crippen molar-refractivity contribution in [2.45, 2.75) is 61.0 Å². The molecule has 11 heteroatoms. The van der Waals surface area contributed by atoms with Crippen molar-refractivity contribution >= 4 is 0 Å². The Kier molecular flexibility index (Phi) is 7.49. The van der Waals surface area contributed by atoms with Crippen LogP contribution in [-0.4, -0.2) is 128 Å². The molecule has 11 nitrogen and oxygen atoms in total. The minimum atomic E-state index is -1.52. The predicted molar refractivity (Wildman–Crippen MR) is 78.4 cm³/mol. The fraction of sp³-hybridized carbons (Fsp3) is 1.00. The quantitative estimate of drug-likeness (QED) is 0.223. The van der Waals surface area contributed by atoms with Crippen LogP contribution in [0.1, 0.15) is 0 Å². The molecular formula is C14H26O11. The van der Waals surface area contributed by atoms with Gasteiger partial charge in [0.25, 0.3) is 0 Å². The smallest absolute Gasteiger partial charge is 0.111 e. The summed E-state index contributed by atoms with van der Waals surface area (Å²) in [5.74, 6) is 0. The summed E-state index contributed by atoms with van der Waals surface area (Å²) in [4.78, 5) is 0. The molecular weight excluding hydrogens is 344 g/mol. The van der Waals surface area contributed by atoms with E-state index in [1.807, 2.05) is 0 Å². The molecule has 10 atom stereocenters. The predicted octanol–water partition coefficient (Wildman–Crippen LogP) is -5.31. The van der Waals surface area contributed by atoms with Gasteiger partial charge in [-0.3, -0.25) is 0 Å². The van der Waals surface area contributed by atoms with Crippen LogP contribution in [-0.2, 0) is 14.2 Å². The zero-order valence-corrected chi connectivity index (χ0v) is 13.4. The Labute approximate surface area is 143 Å². The second-order valence-corrected chi connectivity index (χ2v) is 6.27. The van der Waals surface area contributed by atoms with Crippen molar-refractivity contribution in [3.63, 3.8) is 0 Å². The molecule has 4 unspecified atom stereocenters. The maximum Gasteiger partial charge on any atom is 0.111 e. The lowest BCUT2D eigenvalue weighted by atomic mass is 9.95. The van der Waals surface area contributed by atoms with Crippen molar-refractivity contribution in [1.82, 2.24) is 0 Å². The molecule has 0 aliphatic carbocycles. The zero-order chi connectivity index (χ0) is 18.7. The van der Waals surface area contributed by atoms with E-state index in [4.69, 9.17) is 24.4 Å². The van der Waals surface area contributed by atoms with Gasteiger partial charge in [0.2, 0.25) is 0 Å². The molecule has 2 fully saturated rings. The lowest BCUT2D eigenvalue weighted by Crippen LogP contribution is -2.61. The van der Waals surface area contributed by atoms with Gasteiger partial charge < -0.3 is 55.1 Å². The van der Waals surface area contributed by atoms with Gasteiger partial charge in [-0.25, -0.2) is 0 Å². The number of rotatable bonds is 6. The number of hydrogen-bond donors (Lipinski definition) is 8. The van der Waals surface area contributed by atoms with Gasteiger partial charge in [-0.1, -0.05) is 0 Å². The average molecular weight is 370 g/mol. The van der Waals surface area contributed by atoms with E-state index in [1.165, 1.54) is 0 Å². The highest BCUT2D eigenvalue weighted by molar-refractivity contribution is 4.93. The third-order valence-corrected chi connectivity index (χ3v) is 4.55. The summed E-state index contributed by atoms with van der Waals surface area (Å²) in [6.07, 6.45) is -13.1. The van der Waals surface area contributed by atoms with Crippen molar-refractivity contribution in [3.8, 4) is 0 Å². The van der Waals surface area contributed by atoms with Gasteiger partial charge in [0, 0.05) is 0 Å². The zero-order valence-electron chi connectivity index (χ0n) is 13.4. The van der Waals surface area contributed by atoms with Crippen molar-refractivity contribution in [1.29, 1.82) is 0 Å². The first-order valence-electron chi connectivity index (χ1n) is 8.00. The molecule has 0 bridgehead atoms. The Morgan fingerprint density at radius 3 is 1.16 bits per heavy atom. The van der Waals surface area contributed by atoms with E-state index in [0.717, 1.165) is 0 Å². The van der Waals surface area contributed by atoms with Gasteiger partial charge in [-0.2, -0.15) is 0 Å². The van der Waals surface area contributed by atoms with Crippen molar-refractivity contribution in [3.05, 3.63) is 0 Å². The Bertz CT molecular complexity index is 370. The van der Waals surface area contributed by atoms with Gasteiger partial charge in [0.15, 0.2) is 0 Å². The van der Waals surface area contributed by atoms with Crippen LogP contribution in [0.5, 0.6) is 0 Å². The van der Waals surface area contributed by atoms with Crippen molar-refractivity contribution in [2.24, 2.45) is 0 Å². The molecule has 0 aromatic heterocycles. The van der Waals surface area contributed by atoms with Gasteiger partial charge in [-0.05, 0) is 0 Å². The molecule has 2 aliphatic rings. The first-order chi connectivity index (χ1) is 11.8. The van der Waals surface area contributed by atoms with Crippen LogP contribution in [0.25, 0.3) is 0 Å². The summed E-state index contributed by atoms with van der Waals surface area (Å²) in [5.41, 5.74) is 0. The summed E-state index contributed by atoms with van der Waals surface area (Å²) < 4.78 is 15.8.